The molecular weight excluding hydrogens is 150 g/mol. The van der Waals surface area contributed by atoms with E-state index in [2.05, 4.69) is 30.9 Å². The molecule has 11 heavy (non-hydrogen) atoms. The quantitative estimate of drug-likeness (QED) is 0.516. The Balaban J connectivity index is 2.37. The first-order chi connectivity index (χ1) is 5.33. The van der Waals surface area contributed by atoms with Crippen LogP contribution in [0.1, 0.15) is 5.82 Å². The minimum absolute atomic E-state index is 0.0599. The lowest BCUT2D eigenvalue weighted by Gasteiger charge is -1.96. The summed E-state index contributed by atoms with van der Waals surface area (Å²) >= 11 is 0. The van der Waals surface area contributed by atoms with Crippen molar-refractivity contribution in [2.75, 3.05) is 7.11 Å². The predicted octanol–water partition coefficient (Wildman–Crippen LogP) is -1.58. The fourth-order valence-corrected chi connectivity index (χ4v) is 0.551. The summed E-state index contributed by atoms with van der Waals surface area (Å²) in [4.78, 5) is 15.1. The second-order valence-corrected chi connectivity index (χ2v) is 1.73. The Morgan fingerprint density at radius 1 is 1.82 bits per heavy atom. The van der Waals surface area contributed by atoms with Crippen LogP contribution in [-0.4, -0.2) is 33.6 Å². The van der Waals surface area contributed by atoms with Crippen molar-refractivity contribution in [3.63, 3.8) is 0 Å². The smallest absolute Gasteiger partial charge is 0.251 e. The predicted molar refractivity (Wildman–Crippen MR) is 33.0 cm³/mol. The van der Waals surface area contributed by atoms with Crippen LogP contribution in [0.25, 0.3) is 0 Å². The van der Waals surface area contributed by atoms with Crippen LogP contribution < -0.4 is 5.48 Å². The summed E-state index contributed by atoms with van der Waals surface area (Å²) in [6, 6.07) is 0. The Hall–Kier alpha value is -1.50. The summed E-state index contributed by atoms with van der Waals surface area (Å²) < 4.78 is 0. The summed E-state index contributed by atoms with van der Waals surface area (Å²) in [6.07, 6.45) is 0.0599. The van der Waals surface area contributed by atoms with Crippen LogP contribution >= 0.6 is 0 Å². The average molecular weight is 157 g/mol. The zero-order chi connectivity index (χ0) is 8.10. The van der Waals surface area contributed by atoms with Gasteiger partial charge in [-0.05, 0) is 0 Å². The zero-order valence-corrected chi connectivity index (χ0v) is 5.87. The van der Waals surface area contributed by atoms with Gasteiger partial charge in [0.2, 0.25) is 0 Å². The van der Waals surface area contributed by atoms with E-state index in [-0.39, 0.29) is 12.3 Å². The third-order valence-corrected chi connectivity index (χ3v) is 0.924. The molecule has 7 nitrogen and oxygen atoms in total. The zero-order valence-electron chi connectivity index (χ0n) is 5.87. The van der Waals surface area contributed by atoms with E-state index in [1.165, 1.54) is 7.11 Å². The molecule has 0 radical (unpaired) electrons. The van der Waals surface area contributed by atoms with Crippen molar-refractivity contribution < 1.29 is 9.63 Å². The van der Waals surface area contributed by atoms with Crippen LogP contribution in [0.5, 0.6) is 0 Å². The maximum Gasteiger partial charge on any atom is 0.251 e. The van der Waals surface area contributed by atoms with Crippen molar-refractivity contribution >= 4 is 5.91 Å². The Morgan fingerprint density at radius 3 is 3.18 bits per heavy atom. The van der Waals surface area contributed by atoms with E-state index in [1.54, 1.807) is 0 Å². The summed E-state index contributed by atoms with van der Waals surface area (Å²) in [5.74, 6) is 0.0217. The number of H-pyrrole nitrogens is 1. The molecule has 0 aliphatic heterocycles. The molecule has 0 fully saturated rings. The number of nitrogens with one attached hydrogen (secondary N) is 2. The molecule has 60 valence electrons. The van der Waals surface area contributed by atoms with E-state index in [0.29, 0.717) is 5.82 Å². The van der Waals surface area contributed by atoms with Gasteiger partial charge in [0, 0.05) is 0 Å². The van der Waals surface area contributed by atoms with Crippen molar-refractivity contribution in [1.82, 2.24) is 26.1 Å². The fraction of sp³-hybridized carbons (Fsp3) is 0.500. The molecule has 1 amide bonds. The average Bonchev–Trinajstić information content (AvgIpc) is 2.40. The number of hydrogen-bond acceptors (Lipinski definition) is 5. The van der Waals surface area contributed by atoms with Gasteiger partial charge < -0.3 is 0 Å². The molecule has 0 aromatic carbocycles. The van der Waals surface area contributed by atoms with Gasteiger partial charge in [0.05, 0.1) is 13.5 Å². The largest absolute Gasteiger partial charge is 0.277 e. The van der Waals surface area contributed by atoms with Gasteiger partial charge in [0.25, 0.3) is 5.91 Å². The van der Waals surface area contributed by atoms with Crippen LogP contribution in [0.15, 0.2) is 0 Å². The number of tetrazole rings is 1. The molecule has 7 heteroatoms. The Labute approximate surface area is 62.1 Å². The molecule has 0 atom stereocenters. The second-order valence-electron chi connectivity index (χ2n) is 1.73. The van der Waals surface area contributed by atoms with Gasteiger partial charge in [-0.3, -0.25) is 9.63 Å². The monoisotopic (exact) mass is 157 g/mol. The number of aromatic amines is 1. The summed E-state index contributed by atoms with van der Waals surface area (Å²) in [5.41, 5.74) is 2.12. The SMILES string of the molecule is CONC(=O)Cc1nn[nH]n1. The molecule has 1 rings (SSSR count). The van der Waals surface area contributed by atoms with Gasteiger partial charge in [0.15, 0.2) is 5.82 Å². The molecule has 0 spiro atoms. The van der Waals surface area contributed by atoms with Crippen molar-refractivity contribution in [3.05, 3.63) is 5.82 Å². The normalized spacial score (nSPS) is 9.55. The van der Waals surface area contributed by atoms with Gasteiger partial charge in [-0.2, -0.15) is 5.21 Å². The molecule has 0 saturated heterocycles. The second kappa shape index (κ2) is 3.62. The van der Waals surface area contributed by atoms with Crippen molar-refractivity contribution in [3.8, 4) is 0 Å². The minimum Gasteiger partial charge on any atom is -0.277 e. The highest BCUT2D eigenvalue weighted by Crippen LogP contribution is 1.84. The van der Waals surface area contributed by atoms with Crippen LogP contribution in [0.2, 0.25) is 0 Å². The van der Waals surface area contributed by atoms with Crippen LogP contribution in [0.4, 0.5) is 0 Å². The molecular formula is C4H7N5O2. The molecule has 0 saturated carbocycles. The maximum atomic E-state index is 10.8. The number of carbonyl (C=O) groups excluding carboxylic acids is 1. The lowest BCUT2D eigenvalue weighted by Crippen LogP contribution is -2.24. The topological polar surface area (TPSA) is 92.8 Å². The Kier molecular flexibility index (Phi) is 2.50. The molecule has 0 aliphatic carbocycles. The highest BCUT2D eigenvalue weighted by molar-refractivity contribution is 5.76. The Morgan fingerprint density at radius 2 is 2.64 bits per heavy atom. The van der Waals surface area contributed by atoms with E-state index < -0.39 is 0 Å². The van der Waals surface area contributed by atoms with E-state index in [4.69, 9.17) is 0 Å². The minimum atomic E-state index is -0.311. The third-order valence-electron chi connectivity index (χ3n) is 0.924. The molecule has 0 aliphatic rings. The molecule has 1 aromatic heterocycles. The summed E-state index contributed by atoms with van der Waals surface area (Å²) in [6.45, 7) is 0. The van der Waals surface area contributed by atoms with E-state index >= 15 is 0 Å². The number of rotatable bonds is 3. The first kappa shape index (κ1) is 7.61. The van der Waals surface area contributed by atoms with Gasteiger partial charge in [-0.25, -0.2) is 5.48 Å². The summed E-state index contributed by atoms with van der Waals surface area (Å²) in [7, 11) is 1.36. The van der Waals surface area contributed by atoms with Crippen molar-refractivity contribution in [1.29, 1.82) is 0 Å². The first-order valence-corrected chi connectivity index (χ1v) is 2.87. The van der Waals surface area contributed by atoms with E-state index in [9.17, 15) is 4.79 Å². The van der Waals surface area contributed by atoms with Gasteiger partial charge >= 0.3 is 0 Å². The lowest BCUT2D eigenvalue weighted by molar-refractivity contribution is -0.130. The number of amides is 1. The maximum absolute atomic E-state index is 10.8. The van der Waals surface area contributed by atoms with Crippen LogP contribution in [0, 0.1) is 0 Å². The number of hydrogen-bond donors (Lipinski definition) is 2. The fourth-order valence-electron chi connectivity index (χ4n) is 0.551. The van der Waals surface area contributed by atoms with Crippen LogP contribution in [-0.2, 0) is 16.1 Å². The highest BCUT2D eigenvalue weighted by atomic mass is 16.6. The summed E-state index contributed by atoms with van der Waals surface area (Å²) in [5, 5.41) is 12.7. The van der Waals surface area contributed by atoms with Crippen molar-refractivity contribution in [2.45, 2.75) is 6.42 Å². The number of carbonyl (C=O) groups is 1. The van der Waals surface area contributed by atoms with Gasteiger partial charge in [-0.15, -0.1) is 10.2 Å². The lowest BCUT2D eigenvalue weighted by atomic mass is 10.4. The standard InChI is InChI=1S/C4H7N5O2/c1-11-7-4(10)2-3-5-8-9-6-3/h2H2,1H3,(H,7,10)(H,5,6,8,9). The molecule has 0 unspecified atom stereocenters. The first-order valence-electron chi connectivity index (χ1n) is 2.87. The van der Waals surface area contributed by atoms with Crippen LogP contribution in [0.3, 0.4) is 0 Å². The molecule has 2 N–H and O–H groups in total. The number of nitrogens with zero attached hydrogens (tertiary/aromatic N) is 3. The number of hydroxylamine groups is 1. The molecule has 1 aromatic rings. The van der Waals surface area contributed by atoms with E-state index in [1.807, 2.05) is 0 Å². The van der Waals surface area contributed by atoms with Gasteiger partial charge in [-0.1, -0.05) is 5.21 Å². The number of aromatic nitrogens is 4. The van der Waals surface area contributed by atoms with E-state index in [0.717, 1.165) is 0 Å². The molecule has 0 bridgehead atoms. The Bertz CT molecular complexity index is 220. The molecule has 1 heterocycles. The van der Waals surface area contributed by atoms with Gasteiger partial charge in [0.1, 0.15) is 0 Å². The third kappa shape index (κ3) is 2.30. The highest BCUT2D eigenvalue weighted by Gasteiger charge is 2.05. The van der Waals surface area contributed by atoms with Crippen molar-refractivity contribution in [2.24, 2.45) is 0 Å².